The Hall–Kier alpha value is -4.50. The van der Waals surface area contributed by atoms with E-state index in [1.165, 1.54) is 12.1 Å². The van der Waals surface area contributed by atoms with E-state index in [0.29, 0.717) is 37.7 Å². The van der Waals surface area contributed by atoms with Crippen LogP contribution in [0.3, 0.4) is 0 Å². The summed E-state index contributed by atoms with van der Waals surface area (Å²) in [6.45, 7) is 1.42. The van der Waals surface area contributed by atoms with Gasteiger partial charge in [0, 0.05) is 37.6 Å². The molecule has 2 saturated heterocycles. The molecule has 3 aromatic rings. The number of carbonyl (C=O) groups excluding carboxylic acids is 4. The van der Waals surface area contributed by atoms with Crippen molar-refractivity contribution in [2.45, 2.75) is 18.8 Å². The van der Waals surface area contributed by atoms with Gasteiger partial charge in [-0.25, -0.2) is 9.59 Å². The zero-order valence-electron chi connectivity index (χ0n) is 22.3. The van der Waals surface area contributed by atoms with Crippen molar-refractivity contribution in [1.82, 2.24) is 9.96 Å². The van der Waals surface area contributed by atoms with Crippen molar-refractivity contribution in [3.05, 3.63) is 95.1 Å². The lowest BCUT2D eigenvalue weighted by molar-refractivity contribution is -0.178. The Morgan fingerprint density at radius 3 is 1.93 bits per heavy atom. The van der Waals surface area contributed by atoms with Crippen molar-refractivity contribution >= 4 is 23.9 Å². The van der Waals surface area contributed by atoms with Crippen molar-refractivity contribution in [2.75, 3.05) is 32.9 Å². The fourth-order valence-electron chi connectivity index (χ4n) is 6.81. The minimum Gasteiger partial charge on any atom is -0.448 e. The number of likely N-dealkylation sites (tertiary alicyclic amines) is 1. The van der Waals surface area contributed by atoms with Gasteiger partial charge in [-0.05, 0) is 47.2 Å². The third kappa shape index (κ3) is 4.11. The van der Waals surface area contributed by atoms with Gasteiger partial charge in [-0.15, -0.1) is 0 Å². The second kappa shape index (κ2) is 9.85. The summed E-state index contributed by atoms with van der Waals surface area (Å²) < 4.78 is 11.4. The fourth-order valence-corrected chi connectivity index (χ4v) is 6.81. The van der Waals surface area contributed by atoms with E-state index in [2.05, 4.69) is 24.3 Å². The van der Waals surface area contributed by atoms with Gasteiger partial charge in [-0.2, -0.15) is 0 Å². The van der Waals surface area contributed by atoms with Gasteiger partial charge >= 0.3 is 12.1 Å². The van der Waals surface area contributed by atoms with Gasteiger partial charge in [0.15, 0.2) is 0 Å². The van der Waals surface area contributed by atoms with E-state index < -0.39 is 35.2 Å². The number of imide groups is 1. The number of nitrogens with zero attached hydrogens (tertiary/aromatic N) is 2. The number of ether oxygens (including phenoxy) is 2. The predicted octanol–water partition coefficient (Wildman–Crippen LogP) is 4.42. The van der Waals surface area contributed by atoms with Crippen LogP contribution < -0.4 is 0 Å². The molecule has 1 spiro atoms. The molecular weight excluding hydrogens is 524 g/mol. The summed E-state index contributed by atoms with van der Waals surface area (Å²) in [6, 6.07) is 22.6. The second-order valence-electron chi connectivity index (χ2n) is 11.1. The van der Waals surface area contributed by atoms with Crippen LogP contribution in [0.2, 0.25) is 0 Å². The highest BCUT2D eigenvalue weighted by Gasteiger charge is 2.54. The fraction of sp³-hybridized carbons (Fsp3) is 0.312. The van der Waals surface area contributed by atoms with Crippen molar-refractivity contribution in [3.63, 3.8) is 0 Å². The van der Waals surface area contributed by atoms with E-state index in [9.17, 15) is 19.2 Å². The number of rotatable bonds is 4. The molecule has 1 unspecified atom stereocenters. The van der Waals surface area contributed by atoms with Gasteiger partial charge < -0.3 is 19.2 Å². The molecule has 1 aliphatic carbocycles. The van der Waals surface area contributed by atoms with Crippen LogP contribution in [0.15, 0.2) is 72.8 Å². The van der Waals surface area contributed by atoms with E-state index in [1.807, 2.05) is 24.3 Å². The number of carbonyl (C=O) groups is 4. The normalized spacial score (nSPS) is 20.6. The Balaban J connectivity index is 1.07. The first kappa shape index (κ1) is 25.5. The zero-order valence-corrected chi connectivity index (χ0v) is 22.3. The molecule has 2 fully saturated rings. The maximum Gasteiger partial charge on any atom is 0.409 e. The highest BCUT2D eigenvalue weighted by molar-refractivity contribution is 6.20. The largest absolute Gasteiger partial charge is 0.448 e. The number of hydrogen-bond donors (Lipinski definition) is 0. The van der Waals surface area contributed by atoms with Gasteiger partial charge in [0.05, 0.1) is 17.0 Å². The summed E-state index contributed by atoms with van der Waals surface area (Å²) in [4.78, 5) is 59.6. The lowest BCUT2D eigenvalue weighted by atomic mass is 9.72. The molecule has 9 nitrogen and oxygen atoms in total. The summed E-state index contributed by atoms with van der Waals surface area (Å²) in [5.74, 6) is -2.88. The first-order valence-electron chi connectivity index (χ1n) is 13.8. The SMILES string of the molecule is O=C(ON1C(=O)c2ccccc2C1=O)C1CN(C(=O)OCC2c3ccccc3-c3ccccc32)CC12CCOCC2. The molecule has 4 aliphatic rings. The monoisotopic (exact) mass is 552 g/mol. The molecule has 3 amide bonds. The smallest absolute Gasteiger partial charge is 0.409 e. The molecule has 208 valence electrons. The third-order valence-corrected chi connectivity index (χ3v) is 8.95. The molecule has 1 atom stereocenters. The third-order valence-electron chi connectivity index (χ3n) is 8.95. The van der Waals surface area contributed by atoms with E-state index in [0.717, 1.165) is 22.3 Å². The Bertz CT molecular complexity index is 1500. The first-order chi connectivity index (χ1) is 20.0. The second-order valence-corrected chi connectivity index (χ2v) is 11.1. The highest BCUT2D eigenvalue weighted by atomic mass is 16.7. The molecule has 0 radical (unpaired) electrons. The molecule has 3 aliphatic heterocycles. The predicted molar refractivity (Wildman–Crippen MR) is 146 cm³/mol. The van der Waals surface area contributed by atoms with E-state index in [1.54, 1.807) is 17.0 Å². The molecular formula is C32H28N2O7. The van der Waals surface area contributed by atoms with Crippen molar-refractivity contribution in [2.24, 2.45) is 11.3 Å². The number of fused-ring (bicyclic) bond motifs is 4. The van der Waals surface area contributed by atoms with Gasteiger partial charge in [-0.1, -0.05) is 65.7 Å². The number of hydrogen-bond acceptors (Lipinski definition) is 7. The maximum atomic E-state index is 13.5. The molecule has 0 saturated carbocycles. The van der Waals surface area contributed by atoms with Crippen molar-refractivity contribution in [3.8, 4) is 11.1 Å². The Morgan fingerprint density at radius 1 is 0.805 bits per heavy atom. The number of hydroxylamine groups is 2. The quantitative estimate of drug-likeness (QED) is 0.442. The van der Waals surface area contributed by atoms with Gasteiger partial charge in [-0.3, -0.25) is 9.59 Å². The molecule has 9 heteroatoms. The molecule has 0 bridgehead atoms. The van der Waals surface area contributed by atoms with Crippen LogP contribution in [0.25, 0.3) is 11.1 Å². The minimum atomic E-state index is -0.740. The first-order valence-corrected chi connectivity index (χ1v) is 13.8. The zero-order chi connectivity index (χ0) is 28.1. The van der Waals surface area contributed by atoms with Crippen LogP contribution >= 0.6 is 0 Å². The minimum absolute atomic E-state index is 0.0681. The molecule has 3 heterocycles. The molecule has 0 aromatic heterocycles. The summed E-state index contributed by atoms with van der Waals surface area (Å²) in [5, 5.41) is 0.538. The van der Waals surface area contributed by atoms with Crippen LogP contribution in [0.4, 0.5) is 4.79 Å². The average Bonchev–Trinajstić information content (AvgIpc) is 3.61. The van der Waals surface area contributed by atoms with Crippen molar-refractivity contribution in [1.29, 1.82) is 0 Å². The van der Waals surface area contributed by atoms with Gasteiger partial charge in [0.2, 0.25) is 0 Å². The van der Waals surface area contributed by atoms with Crippen LogP contribution in [-0.4, -0.2) is 66.8 Å². The lowest BCUT2D eigenvalue weighted by Gasteiger charge is -2.36. The van der Waals surface area contributed by atoms with Crippen LogP contribution in [0.1, 0.15) is 50.6 Å². The standard InChI is InChI=1S/C32H28N2O7/c35-28-24-11-5-6-12-25(24)29(36)34(28)41-30(37)27-17-33(19-32(27)13-15-39-16-14-32)31(38)40-18-26-22-9-3-1-7-20(22)21-8-2-4-10-23(21)26/h1-12,26-27H,13-19H2. The van der Waals surface area contributed by atoms with E-state index >= 15 is 0 Å². The average molecular weight is 553 g/mol. The van der Waals surface area contributed by atoms with Crippen LogP contribution in [-0.2, 0) is 19.1 Å². The maximum absolute atomic E-state index is 13.5. The molecule has 7 rings (SSSR count). The summed E-state index contributed by atoms with van der Waals surface area (Å²) >= 11 is 0. The lowest BCUT2D eigenvalue weighted by Crippen LogP contribution is -2.43. The van der Waals surface area contributed by atoms with Gasteiger partial charge in [0.1, 0.15) is 6.61 Å². The summed E-state index contributed by atoms with van der Waals surface area (Å²) in [6.07, 6.45) is 0.582. The topological polar surface area (TPSA) is 102 Å². The van der Waals surface area contributed by atoms with E-state index in [-0.39, 0.29) is 30.2 Å². The summed E-state index contributed by atoms with van der Waals surface area (Å²) in [7, 11) is 0. The Kier molecular flexibility index (Phi) is 6.12. The van der Waals surface area contributed by atoms with Crippen molar-refractivity contribution < 1.29 is 33.5 Å². The van der Waals surface area contributed by atoms with Crippen LogP contribution in [0, 0.1) is 11.3 Å². The number of benzene rings is 3. The van der Waals surface area contributed by atoms with E-state index in [4.69, 9.17) is 14.3 Å². The number of amides is 3. The van der Waals surface area contributed by atoms with Crippen LogP contribution in [0.5, 0.6) is 0 Å². The summed E-state index contributed by atoms with van der Waals surface area (Å²) in [5.41, 5.74) is 4.30. The highest BCUT2D eigenvalue weighted by Crippen LogP contribution is 2.47. The Morgan fingerprint density at radius 2 is 1.34 bits per heavy atom. The molecule has 41 heavy (non-hydrogen) atoms. The molecule has 0 N–H and O–H groups in total. The molecule has 3 aromatic carbocycles. The Labute approximate surface area is 236 Å². The van der Waals surface area contributed by atoms with Gasteiger partial charge in [0.25, 0.3) is 11.8 Å².